The van der Waals surface area contributed by atoms with Gasteiger partial charge in [-0.1, -0.05) is 29.9 Å². The molecular weight excluding hydrogens is 318 g/mol. The van der Waals surface area contributed by atoms with E-state index in [4.69, 9.17) is 28.6 Å². The number of hydrogen-bond acceptors (Lipinski definition) is 5. The largest absolute Gasteiger partial charge is 0.495 e. The van der Waals surface area contributed by atoms with E-state index in [0.717, 1.165) is 10.2 Å². The molecule has 1 heterocycles. The Hall–Kier alpha value is -1.44. The van der Waals surface area contributed by atoms with Gasteiger partial charge in [-0.2, -0.15) is 0 Å². The standard InChI is InChI=1S/C12H12ClN3O2S2/c1-3-10(17)15-11(19)16-12-14-7-4-6(13)8(18-2)5-9(7)20-12/h4-5H,3H2,1-2H3,(H2,14,15,16,17,19). The van der Waals surface area contributed by atoms with Gasteiger partial charge in [-0.25, -0.2) is 4.98 Å². The van der Waals surface area contributed by atoms with E-state index in [1.54, 1.807) is 20.1 Å². The molecule has 1 aromatic carbocycles. The number of hydrogen-bond donors (Lipinski definition) is 2. The number of amides is 1. The zero-order valence-electron chi connectivity index (χ0n) is 10.8. The van der Waals surface area contributed by atoms with Gasteiger partial charge < -0.3 is 15.4 Å². The van der Waals surface area contributed by atoms with Crippen LogP contribution < -0.4 is 15.4 Å². The summed E-state index contributed by atoms with van der Waals surface area (Å²) in [6, 6.07) is 3.54. The van der Waals surface area contributed by atoms with Crippen molar-refractivity contribution in [3.63, 3.8) is 0 Å². The number of methoxy groups -OCH3 is 1. The first-order chi connectivity index (χ1) is 9.53. The summed E-state index contributed by atoms with van der Waals surface area (Å²) in [6.45, 7) is 1.75. The highest BCUT2D eigenvalue weighted by molar-refractivity contribution is 7.80. The first-order valence-corrected chi connectivity index (χ1v) is 7.38. The molecule has 0 saturated heterocycles. The number of thiocarbonyl (C=S) groups is 1. The molecule has 1 amide bonds. The van der Waals surface area contributed by atoms with Crippen molar-refractivity contribution in [2.45, 2.75) is 13.3 Å². The van der Waals surface area contributed by atoms with Gasteiger partial charge in [0.05, 0.1) is 22.3 Å². The van der Waals surface area contributed by atoms with Gasteiger partial charge in [-0.3, -0.25) is 4.79 Å². The number of ether oxygens (including phenoxy) is 1. The van der Waals surface area contributed by atoms with Crippen molar-refractivity contribution in [1.29, 1.82) is 0 Å². The smallest absolute Gasteiger partial charge is 0.225 e. The zero-order chi connectivity index (χ0) is 14.7. The topological polar surface area (TPSA) is 63.2 Å². The lowest BCUT2D eigenvalue weighted by atomic mass is 10.3. The third-order valence-electron chi connectivity index (χ3n) is 2.46. The van der Waals surface area contributed by atoms with Crippen LogP contribution in [0.1, 0.15) is 13.3 Å². The second-order valence-corrected chi connectivity index (χ2v) is 5.68. The average molecular weight is 330 g/mol. The lowest BCUT2D eigenvalue weighted by Gasteiger charge is -2.04. The molecule has 0 atom stereocenters. The van der Waals surface area contributed by atoms with E-state index in [-0.39, 0.29) is 11.0 Å². The fourth-order valence-electron chi connectivity index (χ4n) is 1.48. The molecule has 2 N–H and O–H groups in total. The first kappa shape index (κ1) is 15.0. The predicted octanol–water partition coefficient (Wildman–Crippen LogP) is 3.18. The quantitative estimate of drug-likeness (QED) is 0.847. The molecule has 0 unspecified atom stereocenters. The maximum absolute atomic E-state index is 11.2. The van der Waals surface area contributed by atoms with E-state index < -0.39 is 0 Å². The fourth-order valence-corrected chi connectivity index (χ4v) is 2.87. The Morgan fingerprint density at radius 1 is 1.55 bits per heavy atom. The molecule has 0 fully saturated rings. The number of nitrogens with zero attached hydrogens (tertiary/aromatic N) is 1. The van der Waals surface area contributed by atoms with Crippen LogP contribution in [0.3, 0.4) is 0 Å². The average Bonchev–Trinajstić information content (AvgIpc) is 2.78. The number of aromatic nitrogens is 1. The molecule has 20 heavy (non-hydrogen) atoms. The summed E-state index contributed by atoms with van der Waals surface area (Å²) in [5, 5.41) is 6.75. The van der Waals surface area contributed by atoms with Gasteiger partial charge in [0.2, 0.25) is 5.91 Å². The van der Waals surface area contributed by atoms with Crippen LogP contribution >= 0.6 is 35.2 Å². The first-order valence-electron chi connectivity index (χ1n) is 5.78. The molecule has 0 radical (unpaired) electrons. The van der Waals surface area contributed by atoms with E-state index >= 15 is 0 Å². The van der Waals surface area contributed by atoms with E-state index in [0.29, 0.717) is 22.3 Å². The Bertz CT molecular complexity index is 672. The normalized spacial score (nSPS) is 10.3. The summed E-state index contributed by atoms with van der Waals surface area (Å²) in [7, 11) is 1.56. The highest BCUT2D eigenvalue weighted by atomic mass is 35.5. The summed E-state index contributed by atoms with van der Waals surface area (Å²) in [5.41, 5.74) is 0.743. The maximum Gasteiger partial charge on any atom is 0.225 e. The van der Waals surface area contributed by atoms with E-state index in [2.05, 4.69) is 15.6 Å². The Morgan fingerprint density at radius 2 is 2.30 bits per heavy atom. The number of halogens is 1. The second-order valence-electron chi connectivity index (χ2n) is 3.83. The number of carbonyl (C=O) groups excluding carboxylic acids is 1. The minimum Gasteiger partial charge on any atom is -0.495 e. The molecule has 0 spiro atoms. The van der Waals surface area contributed by atoms with Gasteiger partial charge in [-0.15, -0.1) is 0 Å². The third kappa shape index (κ3) is 3.36. The number of benzene rings is 1. The minimum absolute atomic E-state index is 0.145. The molecule has 0 bridgehead atoms. The summed E-state index contributed by atoms with van der Waals surface area (Å²) in [5.74, 6) is 0.449. The summed E-state index contributed by atoms with van der Waals surface area (Å²) >= 11 is 12.5. The van der Waals surface area contributed by atoms with E-state index in [1.165, 1.54) is 11.3 Å². The van der Waals surface area contributed by atoms with Crippen molar-refractivity contribution in [2.24, 2.45) is 0 Å². The predicted molar refractivity (Wildman–Crippen MR) is 85.8 cm³/mol. The lowest BCUT2D eigenvalue weighted by Crippen LogP contribution is -2.33. The molecule has 2 aromatic rings. The van der Waals surface area contributed by atoms with Gasteiger partial charge >= 0.3 is 0 Å². The highest BCUT2D eigenvalue weighted by Gasteiger charge is 2.10. The molecule has 2 rings (SSSR count). The van der Waals surface area contributed by atoms with Crippen LogP contribution in [0.4, 0.5) is 5.13 Å². The molecule has 0 aliphatic rings. The molecule has 5 nitrogen and oxygen atoms in total. The Labute approximate surface area is 130 Å². The fraction of sp³-hybridized carbons (Fsp3) is 0.250. The van der Waals surface area contributed by atoms with Crippen LogP contribution in [0.2, 0.25) is 5.02 Å². The van der Waals surface area contributed by atoms with Crippen LogP contribution in [-0.2, 0) is 4.79 Å². The second kappa shape index (κ2) is 6.34. The summed E-state index contributed by atoms with van der Waals surface area (Å²) in [4.78, 5) is 15.6. The number of carbonyl (C=O) groups is 1. The van der Waals surface area contributed by atoms with Crippen LogP contribution in [0.15, 0.2) is 12.1 Å². The number of fused-ring (bicyclic) bond motifs is 1. The minimum atomic E-state index is -0.145. The molecule has 0 aliphatic carbocycles. The SMILES string of the molecule is CCC(=O)NC(=S)Nc1nc2cc(Cl)c(OC)cc2s1. The summed E-state index contributed by atoms with van der Waals surface area (Å²) < 4.78 is 6.07. The number of thiazole rings is 1. The molecule has 8 heteroatoms. The van der Waals surface area contributed by atoms with Crippen LogP contribution in [0, 0.1) is 0 Å². The van der Waals surface area contributed by atoms with Crippen LogP contribution in [0.5, 0.6) is 5.75 Å². The maximum atomic E-state index is 11.2. The van der Waals surface area contributed by atoms with Gasteiger partial charge in [0.1, 0.15) is 5.75 Å². The lowest BCUT2D eigenvalue weighted by molar-refractivity contribution is -0.119. The highest BCUT2D eigenvalue weighted by Crippen LogP contribution is 2.34. The van der Waals surface area contributed by atoms with Gasteiger partial charge in [0.25, 0.3) is 0 Å². The number of anilines is 1. The zero-order valence-corrected chi connectivity index (χ0v) is 13.2. The van der Waals surface area contributed by atoms with E-state index in [1.807, 2.05) is 6.07 Å². The summed E-state index contributed by atoms with van der Waals surface area (Å²) in [6.07, 6.45) is 0.370. The Morgan fingerprint density at radius 3 is 2.95 bits per heavy atom. The van der Waals surface area contributed by atoms with Crippen molar-refractivity contribution >= 4 is 61.5 Å². The number of rotatable bonds is 3. The van der Waals surface area contributed by atoms with E-state index in [9.17, 15) is 4.79 Å². The molecule has 0 saturated carbocycles. The van der Waals surface area contributed by atoms with Crippen molar-refractivity contribution in [2.75, 3.05) is 12.4 Å². The van der Waals surface area contributed by atoms with Crippen molar-refractivity contribution in [3.05, 3.63) is 17.2 Å². The van der Waals surface area contributed by atoms with Crippen molar-refractivity contribution < 1.29 is 9.53 Å². The molecule has 106 valence electrons. The molecule has 0 aliphatic heterocycles. The number of nitrogens with one attached hydrogen (secondary N) is 2. The molecule has 1 aromatic heterocycles. The van der Waals surface area contributed by atoms with Crippen LogP contribution in [-0.4, -0.2) is 23.1 Å². The van der Waals surface area contributed by atoms with Gasteiger partial charge in [-0.05, 0) is 18.3 Å². The third-order valence-corrected chi connectivity index (χ3v) is 3.89. The Balaban J connectivity index is 2.19. The van der Waals surface area contributed by atoms with Crippen molar-refractivity contribution in [1.82, 2.24) is 10.3 Å². The van der Waals surface area contributed by atoms with Crippen LogP contribution in [0.25, 0.3) is 10.2 Å². The van der Waals surface area contributed by atoms with Crippen molar-refractivity contribution in [3.8, 4) is 5.75 Å². The Kier molecular flexibility index (Phi) is 4.74. The van der Waals surface area contributed by atoms with Gasteiger partial charge in [0.15, 0.2) is 10.2 Å². The van der Waals surface area contributed by atoms with Gasteiger partial charge in [0, 0.05) is 12.5 Å². The molecular formula is C12H12ClN3O2S2. The monoisotopic (exact) mass is 329 g/mol.